The van der Waals surface area contributed by atoms with Crippen LogP contribution in [-0.4, -0.2) is 44.5 Å². The number of ether oxygens (including phenoxy) is 1. The fourth-order valence-corrected chi connectivity index (χ4v) is 3.89. The lowest BCUT2D eigenvalue weighted by molar-refractivity contribution is 0.414. The van der Waals surface area contributed by atoms with Gasteiger partial charge in [0.05, 0.1) is 7.11 Å². The number of anilines is 5. The molecule has 0 aromatic carbocycles. The summed E-state index contributed by atoms with van der Waals surface area (Å²) >= 11 is 0. The van der Waals surface area contributed by atoms with Gasteiger partial charge in [0.25, 0.3) is 0 Å². The average Bonchev–Trinajstić information content (AvgIpc) is 3.39. The first kappa shape index (κ1) is 20.0. The van der Waals surface area contributed by atoms with Crippen LogP contribution in [0, 0.1) is 11.8 Å². The minimum absolute atomic E-state index is 0.472. The molecular weight excluding hydrogens is 404 g/mol. The molecular formula is C23H26N8O. The van der Waals surface area contributed by atoms with E-state index in [1.807, 2.05) is 41.1 Å². The van der Waals surface area contributed by atoms with Crippen LogP contribution in [0.15, 0.2) is 55.1 Å². The summed E-state index contributed by atoms with van der Waals surface area (Å²) in [6, 6.07) is 9.58. The zero-order valence-corrected chi connectivity index (χ0v) is 18.4. The third-order valence-electron chi connectivity index (χ3n) is 5.90. The predicted octanol–water partition coefficient (Wildman–Crippen LogP) is 4.11. The highest BCUT2D eigenvalue weighted by Crippen LogP contribution is 2.30. The monoisotopic (exact) mass is 430 g/mol. The largest absolute Gasteiger partial charge is 0.497 e. The first-order valence-electron chi connectivity index (χ1n) is 10.7. The van der Waals surface area contributed by atoms with E-state index in [2.05, 4.69) is 44.3 Å². The maximum absolute atomic E-state index is 5.30. The molecule has 2 atom stereocenters. The van der Waals surface area contributed by atoms with Gasteiger partial charge in [0.2, 0.25) is 5.95 Å². The smallest absolute Gasteiger partial charge is 0.232 e. The second-order valence-electron chi connectivity index (χ2n) is 8.23. The number of nitrogens with zero attached hydrogens (tertiary/aromatic N) is 6. The average molecular weight is 431 g/mol. The SMILES string of the molecule is COc1ccnc(Nc2nc(Nc3ccn4ccnc4c3)cc(N3CC(C)C(C)C3)n2)c1. The first-order valence-corrected chi connectivity index (χ1v) is 10.7. The van der Waals surface area contributed by atoms with E-state index < -0.39 is 0 Å². The lowest BCUT2D eigenvalue weighted by atomic mass is 10.0. The van der Waals surface area contributed by atoms with Gasteiger partial charge in [-0.3, -0.25) is 0 Å². The van der Waals surface area contributed by atoms with Crippen LogP contribution in [0.3, 0.4) is 0 Å². The third kappa shape index (κ3) is 4.14. The Morgan fingerprint density at radius 1 is 0.906 bits per heavy atom. The van der Waals surface area contributed by atoms with Gasteiger partial charge < -0.3 is 24.7 Å². The summed E-state index contributed by atoms with van der Waals surface area (Å²) in [6.45, 7) is 6.50. The second kappa shape index (κ2) is 8.33. The number of rotatable bonds is 6. The van der Waals surface area contributed by atoms with Crippen molar-refractivity contribution in [3.8, 4) is 5.75 Å². The number of fused-ring (bicyclic) bond motifs is 1. The first-order chi connectivity index (χ1) is 15.6. The molecule has 164 valence electrons. The van der Waals surface area contributed by atoms with Crippen LogP contribution in [0.1, 0.15) is 13.8 Å². The highest BCUT2D eigenvalue weighted by molar-refractivity contribution is 5.66. The number of aromatic nitrogens is 5. The number of nitrogens with one attached hydrogen (secondary N) is 2. The molecule has 0 spiro atoms. The van der Waals surface area contributed by atoms with E-state index in [1.165, 1.54) is 0 Å². The van der Waals surface area contributed by atoms with E-state index in [1.54, 1.807) is 25.6 Å². The molecule has 0 saturated carbocycles. The quantitative estimate of drug-likeness (QED) is 0.472. The third-order valence-corrected chi connectivity index (χ3v) is 5.90. The van der Waals surface area contributed by atoms with Gasteiger partial charge in [0.15, 0.2) is 0 Å². The summed E-state index contributed by atoms with van der Waals surface area (Å²) in [7, 11) is 1.63. The van der Waals surface area contributed by atoms with Gasteiger partial charge in [0, 0.05) is 61.8 Å². The van der Waals surface area contributed by atoms with Gasteiger partial charge in [-0.2, -0.15) is 9.97 Å². The second-order valence-corrected chi connectivity index (χ2v) is 8.23. The van der Waals surface area contributed by atoms with E-state index >= 15 is 0 Å². The maximum Gasteiger partial charge on any atom is 0.232 e. The van der Waals surface area contributed by atoms with Crippen molar-refractivity contribution in [2.24, 2.45) is 11.8 Å². The summed E-state index contributed by atoms with van der Waals surface area (Å²) in [5, 5.41) is 6.62. The maximum atomic E-state index is 5.30. The van der Waals surface area contributed by atoms with Crippen LogP contribution in [-0.2, 0) is 0 Å². The Labute approximate surface area is 186 Å². The molecule has 5 heterocycles. The molecule has 9 nitrogen and oxygen atoms in total. The van der Waals surface area contributed by atoms with Crippen molar-refractivity contribution < 1.29 is 4.74 Å². The van der Waals surface area contributed by atoms with E-state index in [-0.39, 0.29) is 0 Å². The molecule has 1 aliphatic heterocycles. The zero-order chi connectivity index (χ0) is 22.1. The summed E-state index contributed by atoms with van der Waals surface area (Å²) in [6.07, 6.45) is 7.35. The summed E-state index contributed by atoms with van der Waals surface area (Å²) in [5.41, 5.74) is 1.77. The standard InChI is InChI=1S/C23H26N8O/c1-15-13-31(14-16(15)2)22-12-20(26-17-5-8-30-9-7-25-21(30)10-17)28-23(29-22)27-19-11-18(32-3)4-6-24-19/h4-12,15-16H,13-14H2,1-3H3,(H2,24,26,27,28,29). The van der Waals surface area contributed by atoms with Crippen molar-refractivity contribution in [3.05, 3.63) is 55.1 Å². The molecule has 2 unspecified atom stereocenters. The molecule has 2 N–H and O–H groups in total. The number of methoxy groups -OCH3 is 1. The van der Waals surface area contributed by atoms with Gasteiger partial charge in [-0.25, -0.2) is 9.97 Å². The van der Waals surface area contributed by atoms with E-state index in [4.69, 9.17) is 9.72 Å². The van der Waals surface area contributed by atoms with Crippen LogP contribution in [0.25, 0.3) is 5.65 Å². The van der Waals surface area contributed by atoms with Gasteiger partial charge >= 0.3 is 0 Å². The summed E-state index contributed by atoms with van der Waals surface area (Å²) in [4.78, 5) is 20.5. The number of hydrogen-bond donors (Lipinski definition) is 2. The van der Waals surface area contributed by atoms with Crippen LogP contribution in [0.2, 0.25) is 0 Å². The molecule has 1 aliphatic rings. The van der Waals surface area contributed by atoms with Crippen molar-refractivity contribution in [2.75, 3.05) is 35.7 Å². The molecule has 1 fully saturated rings. The Hall–Kier alpha value is -3.88. The highest BCUT2D eigenvalue weighted by Gasteiger charge is 2.27. The van der Waals surface area contributed by atoms with Crippen molar-refractivity contribution >= 4 is 34.7 Å². The molecule has 4 aromatic heterocycles. The fourth-order valence-electron chi connectivity index (χ4n) is 3.89. The van der Waals surface area contributed by atoms with Crippen LogP contribution >= 0.6 is 0 Å². The van der Waals surface area contributed by atoms with Crippen LogP contribution in [0.4, 0.5) is 29.1 Å². The number of imidazole rings is 1. The molecule has 0 aliphatic carbocycles. The minimum Gasteiger partial charge on any atom is -0.497 e. The Balaban J connectivity index is 1.48. The fraction of sp³-hybridized carbons (Fsp3) is 0.304. The normalized spacial score (nSPS) is 18.2. The van der Waals surface area contributed by atoms with Crippen LogP contribution in [0.5, 0.6) is 5.75 Å². The topological polar surface area (TPSA) is 92.5 Å². The van der Waals surface area contributed by atoms with Gasteiger partial charge in [-0.1, -0.05) is 13.8 Å². The Bertz CT molecular complexity index is 1230. The molecule has 0 radical (unpaired) electrons. The summed E-state index contributed by atoms with van der Waals surface area (Å²) in [5.74, 6) is 4.61. The van der Waals surface area contributed by atoms with Crippen molar-refractivity contribution in [1.82, 2.24) is 24.3 Å². The number of hydrogen-bond acceptors (Lipinski definition) is 8. The van der Waals surface area contributed by atoms with E-state index in [9.17, 15) is 0 Å². The molecule has 32 heavy (non-hydrogen) atoms. The molecule has 0 amide bonds. The number of pyridine rings is 2. The zero-order valence-electron chi connectivity index (χ0n) is 18.4. The van der Waals surface area contributed by atoms with E-state index in [0.29, 0.717) is 35.2 Å². The highest BCUT2D eigenvalue weighted by atomic mass is 16.5. The van der Waals surface area contributed by atoms with Gasteiger partial charge in [0.1, 0.15) is 28.9 Å². The Morgan fingerprint density at radius 3 is 2.56 bits per heavy atom. The van der Waals surface area contributed by atoms with Crippen molar-refractivity contribution in [2.45, 2.75) is 13.8 Å². The van der Waals surface area contributed by atoms with Crippen molar-refractivity contribution in [1.29, 1.82) is 0 Å². The molecule has 4 aromatic rings. The molecule has 0 bridgehead atoms. The Kier molecular flexibility index (Phi) is 5.22. The molecule has 5 rings (SSSR count). The van der Waals surface area contributed by atoms with Crippen molar-refractivity contribution in [3.63, 3.8) is 0 Å². The molecule has 1 saturated heterocycles. The predicted molar refractivity (Wildman–Crippen MR) is 125 cm³/mol. The van der Waals surface area contributed by atoms with E-state index in [0.717, 1.165) is 30.2 Å². The van der Waals surface area contributed by atoms with Gasteiger partial charge in [-0.05, 0) is 24.0 Å². The lowest BCUT2D eigenvalue weighted by Gasteiger charge is -2.19. The minimum atomic E-state index is 0.472. The van der Waals surface area contributed by atoms with Gasteiger partial charge in [-0.15, -0.1) is 0 Å². The Morgan fingerprint density at radius 2 is 1.75 bits per heavy atom. The molecule has 9 heteroatoms. The lowest BCUT2D eigenvalue weighted by Crippen LogP contribution is -2.21. The van der Waals surface area contributed by atoms with Crippen LogP contribution < -0.4 is 20.3 Å². The summed E-state index contributed by atoms with van der Waals surface area (Å²) < 4.78 is 7.27.